The number of aromatic nitrogens is 2. The summed E-state index contributed by atoms with van der Waals surface area (Å²) in [6.45, 7) is 2.27. The molecule has 0 bridgehead atoms. The Hall–Kier alpha value is -4.51. The topological polar surface area (TPSA) is 137 Å². The van der Waals surface area contributed by atoms with Crippen molar-refractivity contribution in [3.63, 3.8) is 0 Å². The minimum atomic E-state index is -0.887. The normalized spacial score (nSPS) is 15.3. The Morgan fingerprint density at radius 1 is 1.11 bits per heavy atom. The second-order valence-corrected chi connectivity index (χ2v) is 8.24. The van der Waals surface area contributed by atoms with Crippen molar-refractivity contribution in [1.82, 2.24) is 14.9 Å². The summed E-state index contributed by atoms with van der Waals surface area (Å²) in [5.41, 5.74) is 0.156. The number of aromatic hydroxyl groups is 1. The molecule has 0 fully saturated rings. The van der Waals surface area contributed by atoms with Gasteiger partial charge in [-0.15, -0.1) is 0 Å². The maximum absolute atomic E-state index is 13.9. The maximum Gasteiger partial charge on any atom is 0.313 e. The van der Waals surface area contributed by atoms with Gasteiger partial charge in [0.25, 0.3) is 11.8 Å². The van der Waals surface area contributed by atoms with E-state index in [1.165, 1.54) is 18.7 Å². The van der Waals surface area contributed by atoms with E-state index in [0.717, 1.165) is 10.5 Å². The van der Waals surface area contributed by atoms with Crippen molar-refractivity contribution in [1.29, 1.82) is 0 Å². The van der Waals surface area contributed by atoms with Crippen LogP contribution in [-0.2, 0) is 25.4 Å². The Balaban J connectivity index is 1.60. The molecule has 3 heterocycles. The maximum atomic E-state index is 13.9. The number of amides is 2. The van der Waals surface area contributed by atoms with Crippen LogP contribution in [0.15, 0.2) is 54.7 Å². The SMILES string of the molecule is CCOCCC(=O)Oc1c2c(c(O)c3nccnc13)C(=O)N(C(Cc1ccccc1)C1=COCO1)C2=O. The predicted octanol–water partition coefficient (Wildman–Crippen LogP) is 2.72. The van der Waals surface area contributed by atoms with Crippen molar-refractivity contribution in [2.24, 2.45) is 0 Å². The van der Waals surface area contributed by atoms with E-state index < -0.39 is 29.6 Å². The molecular formula is C26H23N3O8. The average Bonchev–Trinajstić information content (AvgIpc) is 3.53. The molecule has 3 aromatic rings. The van der Waals surface area contributed by atoms with E-state index in [1.54, 1.807) is 6.92 Å². The summed E-state index contributed by atoms with van der Waals surface area (Å²) in [6, 6.07) is 8.35. The summed E-state index contributed by atoms with van der Waals surface area (Å²) < 4.78 is 21.5. The average molecular weight is 505 g/mol. The number of ether oxygens (including phenoxy) is 4. The summed E-state index contributed by atoms with van der Waals surface area (Å²) in [5, 5.41) is 11.0. The number of imide groups is 1. The molecule has 11 nitrogen and oxygen atoms in total. The third-order valence-corrected chi connectivity index (χ3v) is 5.99. The van der Waals surface area contributed by atoms with E-state index in [4.69, 9.17) is 18.9 Å². The molecule has 2 aliphatic rings. The lowest BCUT2D eigenvalue weighted by molar-refractivity contribution is -0.135. The van der Waals surface area contributed by atoms with Gasteiger partial charge in [-0.1, -0.05) is 30.3 Å². The number of fused-ring (bicyclic) bond motifs is 2. The predicted molar refractivity (Wildman–Crippen MR) is 128 cm³/mol. The van der Waals surface area contributed by atoms with Crippen LogP contribution in [-0.4, -0.2) is 63.8 Å². The van der Waals surface area contributed by atoms with Gasteiger partial charge in [0, 0.05) is 25.4 Å². The first-order chi connectivity index (χ1) is 18.0. The van der Waals surface area contributed by atoms with Crippen LogP contribution in [0.5, 0.6) is 11.5 Å². The molecule has 0 aliphatic carbocycles. The minimum Gasteiger partial charge on any atom is -0.505 e. The standard InChI is InChI=1S/C26H23N3O8/c1-2-34-11-8-18(30)37-24-20-19(23(31)21-22(24)28-10-9-27-21)25(32)29(26(20)33)16(17-13-35-14-36-17)12-15-6-4-3-5-7-15/h3-7,9-10,13,16,31H,2,8,11-12,14H2,1H3. The Kier molecular flexibility index (Phi) is 6.69. The quantitative estimate of drug-likeness (QED) is 0.200. The number of carbonyl (C=O) groups is 3. The summed E-state index contributed by atoms with van der Waals surface area (Å²) in [6.07, 6.45) is 4.14. The van der Waals surface area contributed by atoms with Gasteiger partial charge in [0.2, 0.25) is 6.79 Å². The second-order valence-electron chi connectivity index (χ2n) is 8.24. The van der Waals surface area contributed by atoms with Crippen molar-refractivity contribution in [2.75, 3.05) is 20.0 Å². The molecule has 1 unspecified atom stereocenters. The molecule has 1 atom stereocenters. The Morgan fingerprint density at radius 2 is 1.84 bits per heavy atom. The number of phenols is 1. The van der Waals surface area contributed by atoms with Crippen LogP contribution in [0, 0.1) is 0 Å². The lowest BCUT2D eigenvalue weighted by Crippen LogP contribution is -2.42. The van der Waals surface area contributed by atoms with E-state index in [9.17, 15) is 19.5 Å². The van der Waals surface area contributed by atoms with Crippen molar-refractivity contribution in [2.45, 2.75) is 25.8 Å². The molecule has 1 N–H and O–H groups in total. The molecule has 37 heavy (non-hydrogen) atoms. The van der Waals surface area contributed by atoms with E-state index in [0.29, 0.717) is 6.61 Å². The first-order valence-electron chi connectivity index (χ1n) is 11.7. The summed E-state index contributed by atoms with van der Waals surface area (Å²) in [5.74, 6) is -2.74. The molecule has 2 aliphatic heterocycles. The lowest BCUT2D eigenvalue weighted by atomic mass is 10.0. The molecule has 2 amide bonds. The van der Waals surface area contributed by atoms with E-state index in [-0.39, 0.29) is 59.9 Å². The third kappa shape index (κ3) is 4.45. The Bertz CT molecular complexity index is 1410. The molecule has 1 aromatic heterocycles. The smallest absolute Gasteiger partial charge is 0.313 e. The van der Waals surface area contributed by atoms with Crippen LogP contribution in [0.25, 0.3) is 11.0 Å². The van der Waals surface area contributed by atoms with Crippen LogP contribution in [0.2, 0.25) is 0 Å². The number of benzene rings is 2. The van der Waals surface area contributed by atoms with E-state index in [2.05, 4.69) is 9.97 Å². The number of carbonyl (C=O) groups excluding carboxylic acids is 3. The zero-order chi connectivity index (χ0) is 25.9. The molecule has 0 spiro atoms. The molecule has 5 rings (SSSR count). The molecule has 0 radical (unpaired) electrons. The first kappa shape index (κ1) is 24.2. The van der Waals surface area contributed by atoms with Gasteiger partial charge in [-0.2, -0.15) is 0 Å². The van der Waals surface area contributed by atoms with Gasteiger partial charge in [0.05, 0.1) is 13.0 Å². The Morgan fingerprint density at radius 3 is 2.54 bits per heavy atom. The fraction of sp³-hybridized carbons (Fsp3) is 0.269. The number of esters is 1. The highest BCUT2D eigenvalue weighted by Crippen LogP contribution is 2.44. The fourth-order valence-electron chi connectivity index (χ4n) is 4.32. The van der Waals surface area contributed by atoms with Crippen LogP contribution in [0.4, 0.5) is 0 Å². The number of hydrogen-bond acceptors (Lipinski definition) is 10. The van der Waals surface area contributed by atoms with E-state index in [1.807, 2.05) is 30.3 Å². The van der Waals surface area contributed by atoms with Crippen LogP contribution in [0.3, 0.4) is 0 Å². The highest BCUT2D eigenvalue weighted by atomic mass is 16.7. The number of rotatable bonds is 9. The van der Waals surface area contributed by atoms with E-state index >= 15 is 0 Å². The van der Waals surface area contributed by atoms with Gasteiger partial charge >= 0.3 is 5.97 Å². The summed E-state index contributed by atoms with van der Waals surface area (Å²) in [4.78, 5) is 49.4. The molecule has 0 saturated heterocycles. The fourth-order valence-corrected chi connectivity index (χ4v) is 4.32. The van der Waals surface area contributed by atoms with Crippen LogP contribution >= 0.6 is 0 Å². The number of hydrogen-bond donors (Lipinski definition) is 1. The van der Waals surface area contributed by atoms with Crippen molar-refractivity contribution in [3.8, 4) is 11.5 Å². The van der Waals surface area contributed by atoms with Crippen molar-refractivity contribution >= 4 is 28.8 Å². The largest absolute Gasteiger partial charge is 0.505 e. The second kappa shape index (κ2) is 10.2. The highest BCUT2D eigenvalue weighted by molar-refractivity contribution is 6.27. The third-order valence-electron chi connectivity index (χ3n) is 5.99. The highest BCUT2D eigenvalue weighted by Gasteiger charge is 2.48. The van der Waals surface area contributed by atoms with Gasteiger partial charge in [0.1, 0.15) is 34.5 Å². The van der Waals surface area contributed by atoms with Gasteiger partial charge in [0.15, 0.2) is 17.3 Å². The number of nitrogens with zero attached hydrogens (tertiary/aromatic N) is 3. The monoisotopic (exact) mass is 505 g/mol. The molecule has 0 saturated carbocycles. The van der Waals surface area contributed by atoms with Crippen molar-refractivity contribution in [3.05, 3.63) is 71.4 Å². The van der Waals surface area contributed by atoms with Gasteiger partial charge in [-0.3, -0.25) is 19.3 Å². The zero-order valence-electron chi connectivity index (χ0n) is 19.9. The molecule has 190 valence electrons. The zero-order valence-corrected chi connectivity index (χ0v) is 19.9. The molecular weight excluding hydrogens is 482 g/mol. The van der Waals surface area contributed by atoms with Crippen LogP contribution in [0.1, 0.15) is 39.6 Å². The van der Waals surface area contributed by atoms with Gasteiger partial charge in [-0.05, 0) is 12.5 Å². The Labute approximate surface area is 211 Å². The van der Waals surface area contributed by atoms with Crippen molar-refractivity contribution < 1.29 is 38.4 Å². The van der Waals surface area contributed by atoms with Gasteiger partial charge < -0.3 is 24.1 Å². The molecule has 2 aromatic carbocycles. The first-order valence-corrected chi connectivity index (χ1v) is 11.7. The summed E-state index contributed by atoms with van der Waals surface area (Å²) >= 11 is 0. The van der Waals surface area contributed by atoms with Gasteiger partial charge in [-0.25, -0.2) is 9.97 Å². The summed E-state index contributed by atoms with van der Waals surface area (Å²) in [7, 11) is 0. The lowest BCUT2D eigenvalue weighted by Gasteiger charge is -2.26. The minimum absolute atomic E-state index is 0.0224. The number of phenolic OH excluding ortho intramolecular Hbond substituents is 1. The molecule has 11 heteroatoms. The van der Waals surface area contributed by atoms with Crippen LogP contribution < -0.4 is 4.74 Å².